The third kappa shape index (κ3) is 1.85. The van der Waals surface area contributed by atoms with Gasteiger partial charge in [0.1, 0.15) is 0 Å². The van der Waals surface area contributed by atoms with Crippen LogP contribution in [-0.4, -0.2) is 5.33 Å². The first-order valence-corrected chi connectivity index (χ1v) is 6.97. The molecule has 84 valence electrons. The fraction of sp³-hybridized carbons (Fsp3) is 0.125. The van der Waals surface area contributed by atoms with Gasteiger partial charge in [0.2, 0.25) is 0 Å². The fourth-order valence-corrected chi connectivity index (χ4v) is 2.87. The molecule has 0 aliphatic heterocycles. The van der Waals surface area contributed by atoms with Crippen LogP contribution in [0.4, 0.5) is 0 Å². The highest BCUT2D eigenvalue weighted by Gasteiger charge is 2.05. The van der Waals surface area contributed by atoms with E-state index in [0.29, 0.717) is 0 Å². The molecule has 0 saturated carbocycles. The van der Waals surface area contributed by atoms with Crippen LogP contribution in [0, 0.1) is 0 Å². The van der Waals surface area contributed by atoms with E-state index in [-0.39, 0.29) is 0 Å². The van der Waals surface area contributed by atoms with E-state index in [1.807, 2.05) is 0 Å². The van der Waals surface area contributed by atoms with Crippen LogP contribution in [0.15, 0.2) is 54.6 Å². The summed E-state index contributed by atoms with van der Waals surface area (Å²) < 4.78 is 0. The summed E-state index contributed by atoms with van der Waals surface area (Å²) in [5, 5.41) is 6.44. The Morgan fingerprint density at radius 1 is 0.765 bits per heavy atom. The first-order chi connectivity index (χ1) is 8.40. The van der Waals surface area contributed by atoms with Gasteiger partial charge in [-0.3, -0.25) is 0 Å². The Hall–Kier alpha value is -1.34. The van der Waals surface area contributed by atoms with Crippen LogP contribution in [0.25, 0.3) is 21.5 Å². The first-order valence-electron chi connectivity index (χ1n) is 5.85. The van der Waals surface area contributed by atoms with E-state index < -0.39 is 0 Å². The van der Waals surface area contributed by atoms with Crippen molar-refractivity contribution < 1.29 is 0 Å². The largest absolute Gasteiger partial charge is 0.0924 e. The summed E-state index contributed by atoms with van der Waals surface area (Å²) in [7, 11) is 0. The lowest BCUT2D eigenvalue weighted by Crippen LogP contribution is -1.90. The van der Waals surface area contributed by atoms with Crippen molar-refractivity contribution in [1.82, 2.24) is 0 Å². The highest BCUT2D eigenvalue weighted by atomic mass is 79.9. The van der Waals surface area contributed by atoms with E-state index in [1.54, 1.807) is 0 Å². The van der Waals surface area contributed by atoms with Gasteiger partial charge in [0.25, 0.3) is 0 Å². The van der Waals surface area contributed by atoms with E-state index in [1.165, 1.54) is 27.1 Å². The molecule has 1 heteroatoms. The molecule has 0 fully saturated rings. The van der Waals surface area contributed by atoms with Gasteiger partial charge in [0.15, 0.2) is 0 Å². The Labute approximate surface area is 109 Å². The molecule has 0 N–H and O–H groups in total. The predicted molar refractivity (Wildman–Crippen MR) is 79.0 cm³/mol. The summed E-state index contributed by atoms with van der Waals surface area (Å²) in [5.74, 6) is 0. The molecule has 3 aromatic carbocycles. The molecule has 0 atom stereocenters. The van der Waals surface area contributed by atoms with Crippen molar-refractivity contribution in [1.29, 1.82) is 0 Å². The quantitative estimate of drug-likeness (QED) is 0.462. The third-order valence-electron chi connectivity index (χ3n) is 3.23. The monoisotopic (exact) mass is 284 g/mol. The van der Waals surface area contributed by atoms with Crippen LogP contribution in [0.2, 0.25) is 0 Å². The zero-order valence-electron chi connectivity index (χ0n) is 9.49. The van der Waals surface area contributed by atoms with Crippen molar-refractivity contribution >= 4 is 37.5 Å². The maximum absolute atomic E-state index is 3.56. The minimum Gasteiger partial charge on any atom is -0.0924 e. The van der Waals surface area contributed by atoms with Gasteiger partial charge in [-0.1, -0.05) is 64.5 Å². The summed E-state index contributed by atoms with van der Waals surface area (Å²) >= 11 is 3.56. The van der Waals surface area contributed by atoms with Gasteiger partial charge in [0.05, 0.1) is 0 Å². The molecule has 3 aromatic rings. The number of fused-ring (bicyclic) bond motifs is 2. The summed E-state index contributed by atoms with van der Waals surface area (Å²) in [6.07, 6.45) is 1.07. The highest BCUT2D eigenvalue weighted by molar-refractivity contribution is 9.09. The topological polar surface area (TPSA) is 0 Å². The second-order valence-electron chi connectivity index (χ2n) is 4.24. The van der Waals surface area contributed by atoms with E-state index in [2.05, 4.69) is 70.5 Å². The molecule has 0 spiro atoms. The van der Waals surface area contributed by atoms with E-state index in [0.717, 1.165) is 11.8 Å². The zero-order valence-corrected chi connectivity index (χ0v) is 11.1. The number of alkyl halides is 1. The van der Waals surface area contributed by atoms with Gasteiger partial charge in [0, 0.05) is 5.33 Å². The third-order valence-corrected chi connectivity index (χ3v) is 3.62. The molecule has 0 nitrogen and oxygen atoms in total. The average Bonchev–Trinajstić information content (AvgIpc) is 2.39. The van der Waals surface area contributed by atoms with Crippen molar-refractivity contribution in [2.24, 2.45) is 0 Å². The second kappa shape index (κ2) is 4.50. The molecular formula is C16H13Br. The summed E-state index contributed by atoms with van der Waals surface area (Å²) in [6, 6.07) is 19.6. The van der Waals surface area contributed by atoms with Crippen LogP contribution in [-0.2, 0) is 6.42 Å². The summed E-state index contributed by atoms with van der Waals surface area (Å²) in [4.78, 5) is 0. The molecule has 3 rings (SSSR count). The van der Waals surface area contributed by atoms with Crippen molar-refractivity contribution in [3.8, 4) is 0 Å². The average molecular weight is 285 g/mol. The Bertz CT molecular complexity index is 616. The lowest BCUT2D eigenvalue weighted by Gasteiger charge is -2.10. The van der Waals surface area contributed by atoms with Crippen molar-refractivity contribution in [3.63, 3.8) is 0 Å². The normalized spacial score (nSPS) is 11.1. The van der Waals surface area contributed by atoms with Gasteiger partial charge in [-0.2, -0.15) is 0 Å². The van der Waals surface area contributed by atoms with E-state index in [4.69, 9.17) is 0 Å². The Morgan fingerprint density at radius 2 is 1.29 bits per heavy atom. The number of rotatable bonds is 2. The van der Waals surface area contributed by atoms with Crippen molar-refractivity contribution in [2.75, 3.05) is 5.33 Å². The maximum atomic E-state index is 3.56. The molecule has 0 heterocycles. The Kier molecular flexibility index (Phi) is 2.86. The van der Waals surface area contributed by atoms with Crippen LogP contribution >= 0.6 is 15.9 Å². The van der Waals surface area contributed by atoms with Crippen LogP contribution in [0.1, 0.15) is 5.56 Å². The number of aryl methyl sites for hydroxylation is 1. The smallest absolute Gasteiger partial charge is 0.00722 e. The molecule has 0 aromatic heterocycles. The SMILES string of the molecule is BrCCc1c2ccccc2cc2ccccc12. The van der Waals surface area contributed by atoms with Crippen molar-refractivity contribution in [3.05, 3.63) is 60.2 Å². The van der Waals surface area contributed by atoms with Gasteiger partial charge in [-0.25, -0.2) is 0 Å². The Balaban J connectivity index is 2.47. The molecule has 0 saturated heterocycles. The van der Waals surface area contributed by atoms with Gasteiger partial charge in [-0.05, 0) is 39.6 Å². The molecule has 17 heavy (non-hydrogen) atoms. The van der Waals surface area contributed by atoms with Crippen LogP contribution in [0.3, 0.4) is 0 Å². The first kappa shape index (κ1) is 10.8. The van der Waals surface area contributed by atoms with E-state index in [9.17, 15) is 0 Å². The van der Waals surface area contributed by atoms with Gasteiger partial charge < -0.3 is 0 Å². The number of benzene rings is 3. The highest BCUT2D eigenvalue weighted by Crippen LogP contribution is 2.28. The molecule has 0 aliphatic carbocycles. The molecule has 0 unspecified atom stereocenters. The van der Waals surface area contributed by atoms with Crippen LogP contribution < -0.4 is 0 Å². The Morgan fingerprint density at radius 3 is 1.82 bits per heavy atom. The standard InChI is InChI=1S/C16H13Br/c17-10-9-16-14-7-3-1-5-12(14)11-13-6-2-4-8-15(13)16/h1-8,11H,9-10H2. The minimum absolute atomic E-state index is 1.00. The van der Waals surface area contributed by atoms with Gasteiger partial charge >= 0.3 is 0 Å². The lowest BCUT2D eigenvalue weighted by atomic mass is 9.95. The summed E-state index contributed by atoms with van der Waals surface area (Å²) in [6.45, 7) is 0. The number of hydrogen-bond donors (Lipinski definition) is 0. The maximum Gasteiger partial charge on any atom is 0.00722 e. The van der Waals surface area contributed by atoms with Crippen LogP contribution in [0.5, 0.6) is 0 Å². The minimum atomic E-state index is 1.00. The van der Waals surface area contributed by atoms with Crippen molar-refractivity contribution in [2.45, 2.75) is 6.42 Å². The predicted octanol–water partition coefficient (Wildman–Crippen LogP) is 4.93. The summed E-state index contributed by atoms with van der Waals surface area (Å²) in [5.41, 5.74) is 1.45. The van der Waals surface area contributed by atoms with Gasteiger partial charge in [-0.15, -0.1) is 0 Å². The number of hydrogen-bond acceptors (Lipinski definition) is 0. The molecular weight excluding hydrogens is 272 g/mol. The number of halogens is 1. The van der Waals surface area contributed by atoms with E-state index >= 15 is 0 Å². The second-order valence-corrected chi connectivity index (χ2v) is 5.03. The molecule has 0 radical (unpaired) electrons. The fourth-order valence-electron chi connectivity index (χ4n) is 2.47. The zero-order chi connectivity index (χ0) is 11.7. The molecule has 0 bridgehead atoms. The lowest BCUT2D eigenvalue weighted by molar-refractivity contribution is 1.21. The molecule has 0 amide bonds. The molecule has 0 aliphatic rings.